The van der Waals surface area contributed by atoms with E-state index in [0.29, 0.717) is 5.92 Å². The van der Waals surface area contributed by atoms with Gasteiger partial charge in [-0.05, 0) is 43.7 Å². The van der Waals surface area contributed by atoms with Crippen LogP contribution in [0.2, 0.25) is 0 Å². The standard InChI is InChI=1S/C20H21N5/c1-2-8-16(9-3-1)23-19-13-18(17-10-4-5-12-22-17)24-20(25-19)15-7-6-11-21-14-15/h1-5,8-10,12-13,15,21H,6-7,11,14H2,(H,23,24,25)/t15-/m0/s1. The molecule has 1 fully saturated rings. The molecule has 1 aliphatic heterocycles. The van der Waals surface area contributed by atoms with Gasteiger partial charge in [-0.25, -0.2) is 9.97 Å². The molecule has 1 atom stereocenters. The molecule has 0 aliphatic carbocycles. The third kappa shape index (κ3) is 3.83. The SMILES string of the molecule is c1ccc(Nc2cc(-c3ccccn3)nc([C@H]3CCCNC3)n2)cc1. The third-order valence-corrected chi connectivity index (χ3v) is 4.38. The zero-order valence-electron chi connectivity index (χ0n) is 14.0. The van der Waals surface area contributed by atoms with Crippen LogP contribution < -0.4 is 10.6 Å². The number of nitrogens with zero attached hydrogens (tertiary/aromatic N) is 3. The van der Waals surface area contributed by atoms with Gasteiger partial charge in [0.25, 0.3) is 0 Å². The van der Waals surface area contributed by atoms with Gasteiger partial charge in [0.15, 0.2) is 0 Å². The van der Waals surface area contributed by atoms with Crippen LogP contribution in [0.25, 0.3) is 11.4 Å². The number of nitrogens with one attached hydrogen (secondary N) is 2. The van der Waals surface area contributed by atoms with Crippen LogP contribution in [0.15, 0.2) is 60.8 Å². The molecule has 2 aromatic heterocycles. The van der Waals surface area contributed by atoms with Crippen LogP contribution in [-0.4, -0.2) is 28.0 Å². The van der Waals surface area contributed by atoms with Gasteiger partial charge in [-0.2, -0.15) is 0 Å². The van der Waals surface area contributed by atoms with Crippen LogP contribution in [0, 0.1) is 0 Å². The number of para-hydroxylation sites is 1. The quantitative estimate of drug-likeness (QED) is 0.762. The first-order valence-corrected chi connectivity index (χ1v) is 8.72. The van der Waals surface area contributed by atoms with Gasteiger partial charge < -0.3 is 10.6 Å². The third-order valence-electron chi connectivity index (χ3n) is 4.38. The van der Waals surface area contributed by atoms with E-state index in [-0.39, 0.29) is 0 Å². The molecule has 4 rings (SSSR count). The zero-order valence-corrected chi connectivity index (χ0v) is 14.0. The van der Waals surface area contributed by atoms with Gasteiger partial charge in [-0.15, -0.1) is 0 Å². The topological polar surface area (TPSA) is 62.7 Å². The van der Waals surface area contributed by atoms with Gasteiger partial charge in [0.1, 0.15) is 11.6 Å². The fourth-order valence-electron chi connectivity index (χ4n) is 3.10. The maximum Gasteiger partial charge on any atom is 0.135 e. The van der Waals surface area contributed by atoms with Gasteiger partial charge in [0, 0.05) is 30.4 Å². The highest BCUT2D eigenvalue weighted by Gasteiger charge is 2.20. The number of hydrogen-bond acceptors (Lipinski definition) is 5. The lowest BCUT2D eigenvalue weighted by Gasteiger charge is -2.22. The van der Waals surface area contributed by atoms with Gasteiger partial charge in [-0.3, -0.25) is 4.98 Å². The molecule has 1 saturated heterocycles. The lowest BCUT2D eigenvalue weighted by molar-refractivity contribution is 0.447. The largest absolute Gasteiger partial charge is 0.340 e. The van der Waals surface area contributed by atoms with Crippen molar-refractivity contribution in [2.24, 2.45) is 0 Å². The van der Waals surface area contributed by atoms with Crippen molar-refractivity contribution in [1.29, 1.82) is 0 Å². The van der Waals surface area contributed by atoms with Gasteiger partial charge in [0.05, 0.1) is 11.4 Å². The van der Waals surface area contributed by atoms with Crippen LogP contribution in [-0.2, 0) is 0 Å². The number of hydrogen-bond donors (Lipinski definition) is 2. The van der Waals surface area contributed by atoms with Crippen LogP contribution in [0.3, 0.4) is 0 Å². The van der Waals surface area contributed by atoms with Crippen molar-refractivity contribution in [3.8, 4) is 11.4 Å². The fraction of sp³-hybridized carbons (Fsp3) is 0.250. The van der Waals surface area contributed by atoms with Gasteiger partial charge in [-0.1, -0.05) is 24.3 Å². The lowest BCUT2D eigenvalue weighted by Crippen LogP contribution is -2.29. The highest BCUT2D eigenvalue weighted by molar-refractivity contribution is 5.63. The summed E-state index contributed by atoms with van der Waals surface area (Å²) < 4.78 is 0. The van der Waals surface area contributed by atoms with Crippen molar-refractivity contribution in [2.75, 3.05) is 18.4 Å². The highest BCUT2D eigenvalue weighted by atomic mass is 15.0. The lowest BCUT2D eigenvalue weighted by atomic mass is 9.98. The van der Waals surface area contributed by atoms with Crippen LogP contribution in [0.4, 0.5) is 11.5 Å². The molecule has 0 bridgehead atoms. The average molecular weight is 331 g/mol. The first-order valence-electron chi connectivity index (χ1n) is 8.72. The molecule has 2 N–H and O–H groups in total. The molecule has 5 heteroatoms. The van der Waals surface area contributed by atoms with Crippen LogP contribution in [0.5, 0.6) is 0 Å². The van der Waals surface area contributed by atoms with E-state index >= 15 is 0 Å². The molecule has 3 heterocycles. The summed E-state index contributed by atoms with van der Waals surface area (Å²) in [6, 6.07) is 17.9. The highest BCUT2D eigenvalue weighted by Crippen LogP contribution is 2.26. The Balaban J connectivity index is 1.72. The minimum atomic E-state index is 0.341. The Labute approximate surface area is 147 Å². The van der Waals surface area contributed by atoms with Crippen molar-refractivity contribution in [1.82, 2.24) is 20.3 Å². The van der Waals surface area contributed by atoms with Crippen molar-refractivity contribution >= 4 is 11.5 Å². The number of anilines is 2. The Morgan fingerprint density at radius 2 is 1.84 bits per heavy atom. The molecule has 0 spiro atoms. The van der Waals surface area contributed by atoms with E-state index in [1.807, 2.05) is 54.6 Å². The van der Waals surface area contributed by atoms with Gasteiger partial charge in [0.2, 0.25) is 0 Å². The summed E-state index contributed by atoms with van der Waals surface area (Å²) in [5.74, 6) is 2.03. The second-order valence-corrected chi connectivity index (χ2v) is 6.25. The molecule has 5 nitrogen and oxygen atoms in total. The summed E-state index contributed by atoms with van der Waals surface area (Å²) >= 11 is 0. The molecule has 1 aliphatic rings. The molecular formula is C20H21N5. The van der Waals surface area contributed by atoms with E-state index in [2.05, 4.69) is 15.6 Å². The minimum Gasteiger partial charge on any atom is -0.340 e. The molecule has 0 unspecified atom stereocenters. The van der Waals surface area contributed by atoms with E-state index in [1.165, 1.54) is 0 Å². The van der Waals surface area contributed by atoms with E-state index in [1.54, 1.807) is 6.20 Å². The maximum absolute atomic E-state index is 4.82. The van der Waals surface area contributed by atoms with E-state index in [9.17, 15) is 0 Å². The second kappa shape index (κ2) is 7.40. The second-order valence-electron chi connectivity index (χ2n) is 6.25. The van der Waals surface area contributed by atoms with Crippen LogP contribution in [0.1, 0.15) is 24.6 Å². The van der Waals surface area contributed by atoms with Crippen LogP contribution >= 0.6 is 0 Å². The van der Waals surface area contributed by atoms with Crippen molar-refractivity contribution in [3.63, 3.8) is 0 Å². The molecular weight excluding hydrogens is 310 g/mol. The summed E-state index contributed by atoms with van der Waals surface area (Å²) in [5.41, 5.74) is 2.74. The number of pyridine rings is 1. The van der Waals surface area contributed by atoms with Crippen molar-refractivity contribution in [2.45, 2.75) is 18.8 Å². The number of benzene rings is 1. The smallest absolute Gasteiger partial charge is 0.135 e. The predicted molar refractivity (Wildman–Crippen MR) is 99.8 cm³/mol. The Morgan fingerprint density at radius 3 is 2.60 bits per heavy atom. The maximum atomic E-state index is 4.82. The number of aromatic nitrogens is 3. The minimum absolute atomic E-state index is 0.341. The van der Waals surface area contributed by atoms with Crippen molar-refractivity contribution in [3.05, 3.63) is 66.6 Å². The summed E-state index contributed by atoms with van der Waals surface area (Å²) in [6.45, 7) is 2.00. The number of piperidine rings is 1. The summed E-state index contributed by atoms with van der Waals surface area (Å²) in [6.07, 6.45) is 4.07. The fourth-order valence-corrected chi connectivity index (χ4v) is 3.10. The monoisotopic (exact) mass is 331 g/mol. The molecule has 126 valence electrons. The summed E-state index contributed by atoms with van der Waals surface area (Å²) in [5, 5.41) is 6.84. The molecule has 1 aromatic carbocycles. The first-order chi connectivity index (χ1) is 12.4. The Hall–Kier alpha value is -2.79. The average Bonchev–Trinajstić information content (AvgIpc) is 2.70. The molecule has 3 aromatic rings. The first kappa shape index (κ1) is 15.7. The summed E-state index contributed by atoms with van der Waals surface area (Å²) in [4.78, 5) is 14.1. The normalized spacial score (nSPS) is 17.2. The van der Waals surface area contributed by atoms with Crippen molar-refractivity contribution < 1.29 is 0 Å². The molecule has 0 radical (unpaired) electrons. The molecule has 0 amide bonds. The van der Waals surface area contributed by atoms with E-state index < -0.39 is 0 Å². The zero-order chi connectivity index (χ0) is 16.9. The Morgan fingerprint density at radius 1 is 0.960 bits per heavy atom. The predicted octanol–water partition coefficient (Wildman–Crippen LogP) is 3.75. The molecule has 25 heavy (non-hydrogen) atoms. The summed E-state index contributed by atoms with van der Waals surface area (Å²) in [7, 11) is 0. The van der Waals surface area contributed by atoms with Gasteiger partial charge >= 0.3 is 0 Å². The Bertz CT molecular complexity index is 814. The van der Waals surface area contributed by atoms with E-state index in [4.69, 9.17) is 9.97 Å². The van der Waals surface area contributed by atoms with E-state index in [0.717, 1.165) is 54.6 Å². The Kier molecular flexibility index (Phi) is 4.65. The molecule has 0 saturated carbocycles. The number of rotatable bonds is 4.